The first-order valence-electron chi connectivity index (χ1n) is 10.3. The van der Waals surface area contributed by atoms with Crippen molar-refractivity contribution in [3.8, 4) is 11.5 Å². The van der Waals surface area contributed by atoms with Gasteiger partial charge in [-0.3, -0.25) is 15.0 Å². The zero-order chi connectivity index (χ0) is 24.3. The standard InChI is InChI=1S/C23H24N4O6S/c1-3-32-21(29)13-33-18-10-9-17(11-19(18)31-2)27(15-28)20-14-34-23(25-20)26-22(30)24-12-16-7-5-4-6-8-16/h4-11,14-15H,3,12-13H2,1-2H3,(H2,24,25,26,30). The Kier molecular flexibility index (Phi) is 8.81. The summed E-state index contributed by atoms with van der Waals surface area (Å²) in [5.41, 5.74) is 1.42. The number of hydrogen-bond donors (Lipinski definition) is 2. The van der Waals surface area contributed by atoms with Gasteiger partial charge in [-0.25, -0.2) is 14.6 Å². The number of nitrogens with one attached hydrogen (secondary N) is 2. The van der Waals surface area contributed by atoms with Gasteiger partial charge >= 0.3 is 12.0 Å². The number of carbonyl (C=O) groups excluding carboxylic acids is 3. The number of urea groups is 1. The molecule has 0 atom stereocenters. The molecule has 2 N–H and O–H groups in total. The smallest absolute Gasteiger partial charge is 0.344 e. The molecule has 34 heavy (non-hydrogen) atoms. The molecular weight excluding hydrogens is 460 g/mol. The van der Waals surface area contributed by atoms with Crippen molar-refractivity contribution in [3.63, 3.8) is 0 Å². The Morgan fingerprint density at radius 1 is 1.15 bits per heavy atom. The highest BCUT2D eigenvalue weighted by atomic mass is 32.1. The van der Waals surface area contributed by atoms with Crippen LogP contribution in [0.4, 0.5) is 21.4 Å². The maximum Gasteiger partial charge on any atom is 0.344 e. The number of rotatable bonds is 11. The molecule has 0 aliphatic carbocycles. The summed E-state index contributed by atoms with van der Waals surface area (Å²) in [6.07, 6.45) is 0.599. The van der Waals surface area contributed by atoms with E-state index in [0.29, 0.717) is 41.1 Å². The van der Waals surface area contributed by atoms with Crippen LogP contribution in [0.25, 0.3) is 0 Å². The molecule has 3 amide bonds. The first-order valence-corrected chi connectivity index (χ1v) is 11.2. The second kappa shape index (κ2) is 12.2. The average molecular weight is 485 g/mol. The molecule has 0 unspecified atom stereocenters. The fourth-order valence-corrected chi connectivity index (χ4v) is 3.55. The molecule has 2 aromatic carbocycles. The van der Waals surface area contributed by atoms with E-state index in [1.807, 2.05) is 30.3 Å². The van der Waals surface area contributed by atoms with Crippen molar-refractivity contribution in [2.45, 2.75) is 13.5 Å². The maximum atomic E-state index is 12.2. The van der Waals surface area contributed by atoms with Gasteiger partial charge in [0.2, 0.25) is 6.41 Å². The first kappa shape index (κ1) is 24.5. The number of benzene rings is 2. The minimum Gasteiger partial charge on any atom is -0.493 e. The summed E-state index contributed by atoms with van der Waals surface area (Å²) in [4.78, 5) is 41.1. The molecule has 3 rings (SSSR count). The fraction of sp³-hybridized carbons (Fsp3) is 0.217. The second-order valence-electron chi connectivity index (χ2n) is 6.71. The lowest BCUT2D eigenvalue weighted by Crippen LogP contribution is -2.28. The third kappa shape index (κ3) is 6.69. The summed E-state index contributed by atoms with van der Waals surface area (Å²) >= 11 is 1.18. The summed E-state index contributed by atoms with van der Waals surface area (Å²) in [6.45, 7) is 2.06. The number of amides is 3. The minimum atomic E-state index is -0.501. The molecule has 0 bridgehead atoms. The molecule has 1 aromatic heterocycles. The van der Waals surface area contributed by atoms with Crippen LogP contribution in [0.15, 0.2) is 53.9 Å². The lowest BCUT2D eigenvalue weighted by Gasteiger charge is -2.17. The molecule has 0 saturated heterocycles. The van der Waals surface area contributed by atoms with Crippen molar-refractivity contribution < 1.29 is 28.6 Å². The first-order chi connectivity index (χ1) is 16.5. The lowest BCUT2D eigenvalue weighted by molar-refractivity contribution is -0.145. The van der Waals surface area contributed by atoms with Gasteiger partial charge in [0, 0.05) is 18.0 Å². The second-order valence-corrected chi connectivity index (χ2v) is 7.57. The number of thiazole rings is 1. The van der Waals surface area contributed by atoms with E-state index in [4.69, 9.17) is 14.2 Å². The molecule has 10 nitrogen and oxygen atoms in total. The molecule has 0 aliphatic rings. The van der Waals surface area contributed by atoms with Gasteiger partial charge in [0.1, 0.15) is 0 Å². The summed E-state index contributed by atoms with van der Waals surface area (Å²) in [6, 6.07) is 13.9. The van der Waals surface area contributed by atoms with E-state index in [1.54, 1.807) is 30.5 Å². The predicted molar refractivity (Wildman–Crippen MR) is 128 cm³/mol. The molecule has 0 saturated carbocycles. The van der Waals surface area contributed by atoms with E-state index in [0.717, 1.165) is 5.56 Å². The van der Waals surface area contributed by atoms with Crippen LogP contribution in [0.1, 0.15) is 12.5 Å². The third-order valence-electron chi connectivity index (χ3n) is 4.44. The van der Waals surface area contributed by atoms with Crippen molar-refractivity contribution in [1.29, 1.82) is 0 Å². The number of anilines is 3. The minimum absolute atomic E-state index is 0.256. The van der Waals surface area contributed by atoms with Crippen LogP contribution in [-0.4, -0.2) is 43.7 Å². The van der Waals surface area contributed by atoms with E-state index < -0.39 is 12.0 Å². The van der Waals surface area contributed by atoms with Crippen molar-refractivity contribution >= 4 is 46.4 Å². The molecule has 1 heterocycles. The molecule has 0 fully saturated rings. The van der Waals surface area contributed by atoms with Crippen LogP contribution in [0.3, 0.4) is 0 Å². The van der Waals surface area contributed by atoms with E-state index in [-0.39, 0.29) is 13.2 Å². The number of aromatic nitrogens is 1. The predicted octanol–water partition coefficient (Wildman–Crippen LogP) is 3.71. The van der Waals surface area contributed by atoms with Gasteiger partial charge in [-0.15, -0.1) is 11.3 Å². The van der Waals surface area contributed by atoms with E-state index in [2.05, 4.69) is 15.6 Å². The van der Waals surface area contributed by atoms with E-state index in [9.17, 15) is 14.4 Å². The Bertz CT molecular complexity index is 1120. The highest BCUT2D eigenvalue weighted by Gasteiger charge is 2.17. The topological polar surface area (TPSA) is 119 Å². The highest BCUT2D eigenvalue weighted by Crippen LogP contribution is 2.35. The number of ether oxygens (including phenoxy) is 3. The van der Waals surface area contributed by atoms with Crippen molar-refractivity contribution in [1.82, 2.24) is 10.3 Å². The van der Waals surface area contributed by atoms with Crippen LogP contribution in [0.2, 0.25) is 0 Å². The van der Waals surface area contributed by atoms with Crippen LogP contribution >= 0.6 is 11.3 Å². The molecule has 11 heteroatoms. The van der Waals surface area contributed by atoms with Crippen molar-refractivity contribution in [2.24, 2.45) is 0 Å². The summed E-state index contributed by atoms with van der Waals surface area (Å²) < 4.78 is 15.6. The third-order valence-corrected chi connectivity index (χ3v) is 5.18. The average Bonchev–Trinajstić information content (AvgIpc) is 3.31. The number of hydrogen-bond acceptors (Lipinski definition) is 8. The van der Waals surface area contributed by atoms with Crippen molar-refractivity contribution in [3.05, 3.63) is 59.5 Å². The zero-order valence-electron chi connectivity index (χ0n) is 18.6. The Hall–Kier alpha value is -4.12. The van der Waals surface area contributed by atoms with Crippen molar-refractivity contribution in [2.75, 3.05) is 30.5 Å². The maximum absolute atomic E-state index is 12.2. The number of nitrogens with zero attached hydrogens (tertiary/aromatic N) is 2. The monoisotopic (exact) mass is 484 g/mol. The normalized spacial score (nSPS) is 10.2. The van der Waals surface area contributed by atoms with Crippen LogP contribution in [0, 0.1) is 0 Å². The van der Waals surface area contributed by atoms with Gasteiger partial charge in [0.05, 0.1) is 19.4 Å². The largest absolute Gasteiger partial charge is 0.493 e. The van der Waals surface area contributed by atoms with Gasteiger partial charge in [0.25, 0.3) is 0 Å². The highest BCUT2D eigenvalue weighted by molar-refractivity contribution is 7.14. The van der Waals surface area contributed by atoms with Gasteiger partial charge in [0.15, 0.2) is 29.1 Å². The van der Waals surface area contributed by atoms with Crippen LogP contribution < -0.4 is 25.0 Å². The quantitative estimate of drug-likeness (QED) is 0.315. The van der Waals surface area contributed by atoms with Gasteiger partial charge in [-0.1, -0.05) is 30.3 Å². The molecule has 0 spiro atoms. The van der Waals surface area contributed by atoms with E-state index in [1.165, 1.54) is 23.3 Å². The van der Waals surface area contributed by atoms with E-state index >= 15 is 0 Å². The van der Waals surface area contributed by atoms with Crippen LogP contribution in [0.5, 0.6) is 11.5 Å². The Morgan fingerprint density at radius 2 is 1.94 bits per heavy atom. The molecule has 178 valence electrons. The Labute approximate surface area is 200 Å². The molecular formula is C23H24N4O6S. The molecule has 3 aromatic rings. The Morgan fingerprint density at radius 3 is 2.65 bits per heavy atom. The lowest BCUT2D eigenvalue weighted by atomic mass is 10.2. The van der Waals surface area contributed by atoms with Gasteiger partial charge < -0.3 is 19.5 Å². The van der Waals surface area contributed by atoms with Crippen LogP contribution in [-0.2, 0) is 20.9 Å². The SMILES string of the molecule is CCOC(=O)COc1ccc(N(C=O)c2csc(NC(=O)NCc3ccccc3)n2)cc1OC. The number of carbonyl (C=O) groups is 3. The summed E-state index contributed by atoms with van der Waals surface area (Å²) in [7, 11) is 1.44. The molecule has 0 radical (unpaired) electrons. The zero-order valence-corrected chi connectivity index (χ0v) is 19.5. The Balaban J connectivity index is 1.65. The van der Waals surface area contributed by atoms with Gasteiger partial charge in [-0.05, 0) is 24.6 Å². The number of esters is 1. The molecule has 0 aliphatic heterocycles. The number of methoxy groups -OCH3 is 1. The fourth-order valence-electron chi connectivity index (χ4n) is 2.86. The van der Waals surface area contributed by atoms with Gasteiger partial charge in [-0.2, -0.15) is 0 Å². The summed E-state index contributed by atoms with van der Waals surface area (Å²) in [5.74, 6) is 0.461. The summed E-state index contributed by atoms with van der Waals surface area (Å²) in [5, 5.41) is 7.37.